The van der Waals surface area contributed by atoms with Crippen LogP contribution >= 0.6 is 0 Å². The van der Waals surface area contributed by atoms with E-state index in [1.54, 1.807) is 0 Å². The summed E-state index contributed by atoms with van der Waals surface area (Å²) >= 11 is 0. The van der Waals surface area contributed by atoms with E-state index in [2.05, 4.69) is 0 Å². The number of unbranched alkanes of at least 4 members (excludes halogenated alkanes) is 4. The predicted octanol–water partition coefficient (Wildman–Crippen LogP) is 4.09. The zero-order chi connectivity index (χ0) is 12.4. The smallest absolute Gasteiger partial charge is 0.269 e. The fraction of sp³-hybridized carbons (Fsp3) is 1.00. The Morgan fingerprint density at radius 2 is 1.38 bits per heavy atom. The van der Waals surface area contributed by atoms with E-state index >= 15 is 0 Å². The first kappa shape index (κ1) is 15.8. The molecule has 1 nitrogen and oxygen atoms in total. The molecular formula is C12H23F3O. The predicted molar refractivity (Wildman–Crippen MR) is 59.5 cm³/mol. The van der Waals surface area contributed by atoms with Crippen LogP contribution in [0.25, 0.3) is 0 Å². The molecule has 2 atom stereocenters. The average molecular weight is 240 g/mol. The lowest BCUT2D eigenvalue weighted by atomic mass is 10.0. The second kappa shape index (κ2) is 9.94. The maximum atomic E-state index is 12.5. The number of hydrogen-bond donors (Lipinski definition) is 1. The van der Waals surface area contributed by atoms with Gasteiger partial charge in [0.1, 0.15) is 0 Å². The van der Waals surface area contributed by atoms with E-state index in [1.165, 1.54) is 0 Å². The number of hydrogen-bond acceptors (Lipinski definition) is 1. The number of alkyl halides is 3. The van der Waals surface area contributed by atoms with E-state index < -0.39 is 12.6 Å². The molecule has 1 N–H and O–H groups in total. The summed E-state index contributed by atoms with van der Waals surface area (Å²) in [4.78, 5) is 0. The van der Waals surface area contributed by atoms with Crippen molar-refractivity contribution in [3.8, 4) is 0 Å². The van der Waals surface area contributed by atoms with Crippen molar-refractivity contribution in [3.05, 3.63) is 0 Å². The molecule has 0 aliphatic rings. The Bertz CT molecular complexity index is 153. The summed E-state index contributed by atoms with van der Waals surface area (Å²) in [6.45, 7) is 1.94. The molecule has 98 valence electrons. The van der Waals surface area contributed by atoms with Gasteiger partial charge in [0.05, 0.1) is 6.10 Å². The lowest BCUT2D eigenvalue weighted by molar-refractivity contribution is 0.0440. The first-order chi connectivity index (χ1) is 7.57. The van der Waals surface area contributed by atoms with E-state index in [-0.39, 0.29) is 12.5 Å². The summed E-state index contributed by atoms with van der Waals surface area (Å²) in [6, 6.07) is 0. The van der Waals surface area contributed by atoms with Crippen molar-refractivity contribution in [2.24, 2.45) is 0 Å². The van der Waals surface area contributed by atoms with Crippen molar-refractivity contribution >= 4 is 0 Å². The lowest BCUT2D eigenvalue weighted by Crippen LogP contribution is -2.11. The molecule has 4 heteroatoms. The summed E-state index contributed by atoms with van der Waals surface area (Å²) in [6.07, 6.45) is 0.761. The molecule has 0 rings (SSSR count). The summed E-state index contributed by atoms with van der Waals surface area (Å²) in [5.41, 5.74) is 0. The Morgan fingerprint density at radius 1 is 0.875 bits per heavy atom. The number of aliphatic hydroxyl groups excluding tert-OH is 1. The first-order valence-corrected chi connectivity index (χ1v) is 6.18. The second-order valence-corrected chi connectivity index (χ2v) is 4.26. The maximum absolute atomic E-state index is 12.5. The molecule has 0 aromatic carbocycles. The first-order valence-electron chi connectivity index (χ1n) is 6.18. The summed E-state index contributed by atoms with van der Waals surface area (Å²) < 4.78 is 36.0. The van der Waals surface area contributed by atoms with E-state index in [9.17, 15) is 18.3 Å². The number of aliphatic hydroxyl groups is 1. The van der Waals surface area contributed by atoms with Crippen LogP contribution in [0.4, 0.5) is 13.2 Å². The van der Waals surface area contributed by atoms with Crippen molar-refractivity contribution in [1.82, 2.24) is 0 Å². The van der Waals surface area contributed by atoms with Crippen LogP contribution in [0, 0.1) is 0 Å². The Morgan fingerprint density at radius 3 is 1.88 bits per heavy atom. The van der Waals surface area contributed by atoms with Crippen molar-refractivity contribution in [2.45, 2.75) is 77.0 Å². The van der Waals surface area contributed by atoms with Gasteiger partial charge in [-0.2, -0.15) is 0 Å². The van der Waals surface area contributed by atoms with Gasteiger partial charge in [0.15, 0.2) is 6.17 Å². The van der Waals surface area contributed by atoms with E-state index in [4.69, 9.17) is 0 Å². The molecule has 0 saturated carbocycles. The topological polar surface area (TPSA) is 20.2 Å². The standard InChI is InChI=1S/C12H23F3O/c1-2-10(16)8-6-4-3-5-7-9-11(13)12(14)15/h10-12,16H,2-9H2,1H3. The van der Waals surface area contributed by atoms with Gasteiger partial charge >= 0.3 is 0 Å². The highest BCUT2D eigenvalue weighted by Gasteiger charge is 2.17. The quantitative estimate of drug-likeness (QED) is 0.570. The Balaban J connectivity index is 3.16. The molecule has 16 heavy (non-hydrogen) atoms. The SMILES string of the molecule is CCC(O)CCCCCCCC(F)C(F)F. The lowest BCUT2D eigenvalue weighted by Gasteiger charge is -2.08. The van der Waals surface area contributed by atoms with Crippen LogP contribution < -0.4 is 0 Å². The third-order valence-electron chi connectivity index (χ3n) is 2.76. The minimum atomic E-state index is -2.83. The zero-order valence-corrected chi connectivity index (χ0v) is 9.97. The molecule has 0 heterocycles. The molecule has 0 aliphatic heterocycles. The van der Waals surface area contributed by atoms with Crippen molar-refractivity contribution in [1.29, 1.82) is 0 Å². The Kier molecular flexibility index (Phi) is 9.78. The van der Waals surface area contributed by atoms with Gasteiger partial charge in [-0.3, -0.25) is 0 Å². The molecule has 0 aromatic heterocycles. The molecule has 2 unspecified atom stereocenters. The molecular weight excluding hydrogens is 217 g/mol. The molecule has 0 bridgehead atoms. The van der Waals surface area contributed by atoms with Gasteiger partial charge < -0.3 is 5.11 Å². The van der Waals surface area contributed by atoms with E-state index in [1.807, 2.05) is 6.92 Å². The number of halogens is 3. The molecule has 0 fully saturated rings. The minimum Gasteiger partial charge on any atom is -0.393 e. The highest BCUT2D eigenvalue weighted by Crippen LogP contribution is 2.15. The Labute approximate surface area is 96.0 Å². The molecule has 0 spiro atoms. The summed E-state index contributed by atoms with van der Waals surface area (Å²) in [5.74, 6) is 0. The monoisotopic (exact) mass is 240 g/mol. The van der Waals surface area contributed by atoms with Crippen LogP contribution in [0.1, 0.15) is 58.3 Å². The van der Waals surface area contributed by atoms with Gasteiger partial charge in [-0.1, -0.05) is 39.0 Å². The summed E-state index contributed by atoms with van der Waals surface area (Å²) in [5, 5.41) is 9.26. The average Bonchev–Trinajstić information content (AvgIpc) is 2.26. The van der Waals surface area contributed by atoms with Gasteiger partial charge in [-0.25, -0.2) is 13.2 Å². The highest BCUT2D eigenvalue weighted by atomic mass is 19.3. The molecule has 0 aromatic rings. The Hall–Kier alpha value is -0.250. The van der Waals surface area contributed by atoms with Gasteiger partial charge in [0.25, 0.3) is 6.43 Å². The molecule has 0 saturated heterocycles. The van der Waals surface area contributed by atoms with Gasteiger partial charge in [0.2, 0.25) is 0 Å². The normalized spacial score (nSPS) is 15.4. The number of rotatable bonds is 10. The van der Waals surface area contributed by atoms with Crippen LogP contribution in [0.15, 0.2) is 0 Å². The fourth-order valence-electron chi connectivity index (χ4n) is 1.58. The minimum absolute atomic E-state index is 0.0325. The van der Waals surface area contributed by atoms with Crippen molar-refractivity contribution < 1.29 is 18.3 Å². The van der Waals surface area contributed by atoms with Crippen LogP contribution in [-0.4, -0.2) is 23.8 Å². The molecule has 0 aliphatic carbocycles. The highest BCUT2D eigenvalue weighted by molar-refractivity contribution is 4.59. The molecule has 0 radical (unpaired) electrons. The van der Waals surface area contributed by atoms with Crippen LogP contribution in [0.3, 0.4) is 0 Å². The van der Waals surface area contributed by atoms with E-state index in [0.717, 1.165) is 38.5 Å². The summed E-state index contributed by atoms with van der Waals surface area (Å²) in [7, 11) is 0. The van der Waals surface area contributed by atoms with Crippen molar-refractivity contribution in [3.63, 3.8) is 0 Å². The third kappa shape index (κ3) is 9.01. The van der Waals surface area contributed by atoms with Gasteiger partial charge in [0, 0.05) is 0 Å². The van der Waals surface area contributed by atoms with Crippen molar-refractivity contribution in [2.75, 3.05) is 0 Å². The van der Waals surface area contributed by atoms with E-state index in [0.29, 0.717) is 6.42 Å². The van der Waals surface area contributed by atoms with Gasteiger partial charge in [-0.05, 0) is 19.3 Å². The van der Waals surface area contributed by atoms with Gasteiger partial charge in [-0.15, -0.1) is 0 Å². The second-order valence-electron chi connectivity index (χ2n) is 4.26. The largest absolute Gasteiger partial charge is 0.393 e. The van der Waals surface area contributed by atoms with Crippen LogP contribution in [0.5, 0.6) is 0 Å². The zero-order valence-electron chi connectivity index (χ0n) is 9.97. The third-order valence-corrected chi connectivity index (χ3v) is 2.76. The van der Waals surface area contributed by atoms with Crippen LogP contribution in [0.2, 0.25) is 0 Å². The maximum Gasteiger partial charge on any atom is 0.269 e. The fourth-order valence-corrected chi connectivity index (χ4v) is 1.58. The molecule has 0 amide bonds. The van der Waals surface area contributed by atoms with Crippen LogP contribution in [-0.2, 0) is 0 Å².